The second-order valence-corrected chi connectivity index (χ2v) is 10.4. The minimum absolute atomic E-state index is 0.139. The molecule has 0 bridgehead atoms. The van der Waals surface area contributed by atoms with Crippen molar-refractivity contribution in [3.63, 3.8) is 0 Å². The van der Waals surface area contributed by atoms with Gasteiger partial charge in [-0.3, -0.25) is 0 Å². The lowest BCUT2D eigenvalue weighted by Gasteiger charge is -2.30. The third kappa shape index (κ3) is 7.37. The average molecular weight is 437 g/mol. The first-order chi connectivity index (χ1) is 15.5. The molecule has 2 aromatic carbocycles. The van der Waals surface area contributed by atoms with Crippen molar-refractivity contribution < 1.29 is 9.84 Å². The normalized spacial score (nSPS) is 19.1. The molecule has 2 heteroatoms. The first-order valence-electron chi connectivity index (χ1n) is 13.0. The first-order valence-corrected chi connectivity index (χ1v) is 13.0. The van der Waals surface area contributed by atoms with E-state index < -0.39 is 0 Å². The SMILES string of the molecule is CCCCCCCCC(C)(C)c1ccc([C@@H]2CCC[C@@H](O)C2)c(OCc2ccccc2)c1. The summed E-state index contributed by atoms with van der Waals surface area (Å²) in [5.41, 5.74) is 3.98. The smallest absolute Gasteiger partial charge is 0.123 e. The van der Waals surface area contributed by atoms with Crippen LogP contribution in [0.4, 0.5) is 0 Å². The zero-order chi connectivity index (χ0) is 22.8. The summed E-state index contributed by atoms with van der Waals surface area (Å²) in [6.45, 7) is 7.61. The van der Waals surface area contributed by atoms with E-state index >= 15 is 0 Å². The molecule has 0 aliphatic heterocycles. The van der Waals surface area contributed by atoms with Crippen LogP contribution >= 0.6 is 0 Å². The van der Waals surface area contributed by atoms with Gasteiger partial charge in [0, 0.05) is 0 Å². The molecule has 0 heterocycles. The van der Waals surface area contributed by atoms with Gasteiger partial charge in [-0.1, -0.05) is 108 Å². The maximum absolute atomic E-state index is 10.3. The molecule has 1 aliphatic rings. The molecular weight excluding hydrogens is 392 g/mol. The molecule has 0 spiro atoms. The zero-order valence-electron chi connectivity index (χ0n) is 20.6. The maximum Gasteiger partial charge on any atom is 0.123 e. The highest BCUT2D eigenvalue weighted by Crippen LogP contribution is 2.41. The van der Waals surface area contributed by atoms with Crippen LogP contribution in [-0.2, 0) is 12.0 Å². The van der Waals surface area contributed by atoms with Crippen molar-refractivity contribution in [3.8, 4) is 5.75 Å². The standard InChI is InChI=1S/C30H44O2/c1-4-5-6-7-8-12-20-30(2,3)26-18-19-28(25-16-13-17-27(31)21-25)29(22-26)32-23-24-14-10-9-11-15-24/h9-11,14-15,18-19,22,25,27,31H,4-8,12-13,16-17,20-21,23H2,1-3H3/t25-,27-/m1/s1. The lowest BCUT2D eigenvalue weighted by Crippen LogP contribution is -2.20. The molecule has 2 atom stereocenters. The third-order valence-electron chi connectivity index (χ3n) is 7.27. The molecule has 0 unspecified atom stereocenters. The number of hydrogen-bond donors (Lipinski definition) is 1. The van der Waals surface area contributed by atoms with Gasteiger partial charge in [0.2, 0.25) is 0 Å². The Labute approximate surface area is 196 Å². The summed E-state index contributed by atoms with van der Waals surface area (Å²) in [6, 6.07) is 17.3. The van der Waals surface area contributed by atoms with Gasteiger partial charge in [0.1, 0.15) is 12.4 Å². The van der Waals surface area contributed by atoms with Crippen LogP contribution in [0.5, 0.6) is 5.75 Å². The lowest BCUT2D eigenvalue weighted by atomic mass is 9.77. The van der Waals surface area contributed by atoms with Crippen LogP contribution in [0.2, 0.25) is 0 Å². The number of ether oxygens (including phenoxy) is 1. The van der Waals surface area contributed by atoms with E-state index in [1.807, 2.05) is 6.07 Å². The van der Waals surface area contributed by atoms with Crippen LogP contribution in [0.25, 0.3) is 0 Å². The van der Waals surface area contributed by atoms with Gasteiger partial charge in [0.05, 0.1) is 6.10 Å². The molecule has 32 heavy (non-hydrogen) atoms. The predicted octanol–water partition coefficient (Wildman–Crippen LogP) is 8.31. The molecule has 1 fully saturated rings. The van der Waals surface area contributed by atoms with Crippen LogP contribution in [0.15, 0.2) is 48.5 Å². The molecular formula is C30H44O2. The number of aliphatic hydroxyl groups excluding tert-OH is 1. The molecule has 0 radical (unpaired) electrons. The molecule has 1 aliphatic carbocycles. The van der Waals surface area contributed by atoms with Crippen molar-refractivity contribution >= 4 is 0 Å². The highest BCUT2D eigenvalue weighted by Gasteiger charge is 2.27. The summed E-state index contributed by atoms with van der Waals surface area (Å²) in [6.07, 6.45) is 13.1. The van der Waals surface area contributed by atoms with Gasteiger partial charge in [-0.25, -0.2) is 0 Å². The highest BCUT2D eigenvalue weighted by atomic mass is 16.5. The van der Waals surface area contributed by atoms with Crippen molar-refractivity contribution in [2.75, 3.05) is 0 Å². The Morgan fingerprint density at radius 2 is 1.69 bits per heavy atom. The number of unbranched alkanes of at least 4 members (excludes halogenated alkanes) is 5. The lowest BCUT2D eigenvalue weighted by molar-refractivity contribution is 0.118. The Morgan fingerprint density at radius 1 is 0.938 bits per heavy atom. The largest absolute Gasteiger partial charge is 0.489 e. The summed E-state index contributed by atoms with van der Waals surface area (Å²) >= 11 is 0. The van der Waals surface area contributed by atoms with E-state index in [4.69, 9.17) is 4.74 Å². The minimum atomic E-state index is -0.181. The monoisotopic (exact) mass is 436 g/mol. The Hall–Kier alpha value is -1.80. The molecule has 1 saturated carbocycles. The van der Waals surface area contributed by atoms with Crippen molar-refractivity contribution in [1.82, 2.24) is 0 Å². The van der Waals surface area contributed by atoms with E-state index in [9.17, 15) is 5.11 Å². The average Bonchev–Trinajstić information content (AvgIpc) is 2.80. The van der Waals surface area contributed by atoms with E-state index in [-0.39, 0.29) is 11.5 Å². The topological polar surface area (TPSA) is 29.5 Å². The van der Waals surface area contributed by atoms with Gasteiger partial charge in [-0.15, -0.1) is 0 Å². The maximum atomic E-state index is 10.3. The molecule has 0 amide bonds. The Bertz CT molecular complexity index is 796. The van der Waals surface area contributed by atoms with Gasteiger partial charge in [-0.2, -0.15) is 0 Å². The molecule has 0 aromatic heterocycles. The molecule has 1 N–H and O–H groups in total. The molecule has 176 valence electrons. The Kier molecular flexibility index (Phi) is 9.66. The fourth-order valence-corrected chi connectivity index (χ4v) is 5.09. The van der Waals surface area contributed by atoms with Crippen LogP contribution in [0, 0.1) is 0 Å². The van der Waals surface area contributed by atoms with Crippen LogP contribution in [0.1, 0.15) is 114 Å². The van der Waals surface area contributed by atoms with E-state index in [1.54, 1.807) is 0 Å². The fourth-order valence-electron chi connectivity index (χ4n) is 5.09. The second kappa shape index (κ2) is 12.4. The summed E-state index contributed by atoms with van der Waals surface area (Å²) in [7, 11) is 0. The van der Waals surface area contributed by atoms with E-state index in [1.165, 1.54) is 61.6 Å². The number of rotatable bonds is 12. The first kappa shape index (κ1) is 24.8. The van der Waals surface area contributed by atoms with Crippen molar-refractivity contribution in [3.05, 3.63) is 65.2 Å². The second-order valence-electron chi connectivity index (χ2n) is 10.4. The van der Waals surface area contributed by atoms with Gasteiger partial charge in [0.25, 0.3) is 0 Å². The Balaban J connectivity index is 1.73. The van der Waals surface area contributed by atoms with E-state index in [0.717, 1.165) is 31.4 Å². The summed E-state index contributed by atoms with van der Waals surface area (Å²) < 4.78 is 6.44. The van der Waals surface area contributed by atoms with Crippen molar-refractivity contribution in [1.29, 1.82) is 0 Å². The number of aliphatic hydroxyl groups is 1. The predicted molar refractivity (Wildman–Crippen MR) is 135 cm³/mol. The summed E-state index contributed by atoms with van der Waals surface area (Å²) in [4.78, 5) is 0. The van der Waals surface area contributed by atoms with E-state index in [2.05, 4.69) is 63.2 Å². The number of benzene rings is 2. The van der Waals surface area contributed by atoms with Gasteiger partial charge >= 0.3 is 0 Å². The summed E-state index contributed by atoms with van der Waals surface area (Å²) in [5, 5.41) is 10.3. The van der Waals surface area contributed by atoms with E-state index in [0.29, 0.717) is 12.5 Å². The summed E-state index contributed by atoms with van der Waals surface area (Å²) in [5.74, 6) is 1.40. The minimum Gasteiger partial charge on any atom is -0.489 e. The van der Waals surface area contributed by atoms with Gasteiger partial charge in [0.15, 0.2) is 0 Å². The molecule has 0 saturated heterocycles. The van der Waals surface area contributed by atoms with Gasteiger partial charge in [-0.05, 0) is 59.8 Å². The molecule has 3 rings (SSSR count). The van der Waals surface area contributed by atoms with Crippen molar-refractivity contribution in [2.45, 2.75) is 115 Å². The highest BCUT2D eigenvalue weighted by molar-refractivity contribution is 5.43. The zero-order valence-corrected chi connectivity index (χ0v) is 20.6. The molecule has 2 aromatic rings. The Morgan fingerprint density at radius 3 is 2.44 bits per heavy atom. The number of hydrogen-bond acceptors (Lipinski definition) is 2. The van der Waals surface area contributed by atoms with Crippen LogP contribution in [0.3, 0.4) is 0 Å². The quantitative estimate of drug-likeness (QED) is 0.339. The third-order valence-corrected chi connectivity index (χ3v) is 7.27. The van der Waals surface area contributed by atoms with Gasteiger partial charge < -0.3 is 9.84 Å². The van der Waals surface area contributed by atoms with Crippen LogP contribution in [-0.4, -0.2) is 11.2 Å². The fraction of sp³-hybridized carbons (Fsp3) is 0.600. The van der Waals surface area contributed by atoms with Crippen LogP contribution < -0.4 is 4.74 Å². The van der Waals surface area contributed by atoms with Crippen molar-refractivity contribution in [2.24, 2.45) is 0 Å². The molecule has 2 nitrogen and oxygen atoms in total.